The van der Waals surface area contributed by atoms with Crippen LogP contribution in [0.25, 0.3) is 0 Å². The number of ether oxygens (including phenoxy) is 1. The van der Waals surface area contributed by atoms with Crippen molar-refractivity contribution < 1.29 is 4.74 Å². The first-order chi connectivity index (χ1) is 7.74. The zero-order chi connectivity index (χ0) is 11.1. The number of aromatic nitrogens is 1. The van der Waals surface area contributed by atoms with E-state index in [0.717, 1.165) is 26.1 Å². The van der Waals surface area contributed by atoms with Crippen molar-refractivity contribution >= 4 is 5.69 Å². The topological polar surface area (TPSA) is 28.7 Å². The van der Waals surface area contributed by atoms with E-state index in [9.17, 15) is 0 Å². The minimum absolute atomic E-state index is 0.465. The molecule has 0 aliphatic carbocycles. The van der Waals surface area contributed by atoms with E-state index in [1.807, 2.05) is 0 Å². The first-order valence-electron chi connectivity index (χ1n) is 6.08. The maximum atomic E-state index is 5.32. The van der Waals surface area contributed by atoms with Crippen molar-refractivity contribution in [2.75, 3.05) is 24.6 Å². The average molecular weight is 218 g/mol. The van der Waals surface area contributed by atoms with Crippen LogP contribution >= 0.6 is 0 Å². The molecule has 0 N–H and O–H groups in total. The quantitative estimate of drug-likeness (QED) is 0.709. The van der Waals surface area contributed by atoms with Crippen molar-refractivity contribution in [2.24, 2.45) is 0 Å². The third-order valence-corrected chi connectivity index (χ3v) is 3.53. The summed E-state index contributed by atoms with van der Waals surface area (Å²) >= 11 is 0. The molecule has 0 radical (unpaired) electrons. The summed E-state index contributed by atoms with van der Waals surface area (Å²) in [5.74, 6) is 0. The van der Waals surface area contributed by atoms with Gasteiger partial charge in [0.05, 0.1) is 24.1 Å². The first kappa shape index (κ1) is 10.1. The van der Waals surface area contributed by atoms with Crippen molar-refractivity contribution in [1.29, 1.82) is 0 Å². The van der Waals surface area contributed by atoms with E-state index < -0.39 is 0 Å². The van der Waals surface area contributed by atoms with Crippen LogP contribution in [0.15, 0.2) is 6.07 Å². The molecule has 3 rings (SSSR count). The van der Waals surface area contributed by atoms with Crippen LogP contribution in [0.4, 0.5) is 5.69 Å². The number of nitrogens with zero attached hydrogens (tertiary/aromatic N) is 2. The van der Waals surface area contributed by atoms with Crippen LogP contribution in [0.2, 0.25) is 0 Å². The van der Waals surface area contributed by atoms with Crippen LogP contribution in [0.5, 0.6) is 0 Å². The summed E-state index contributed by atoms with van der Waals surface area (Å²) in [4.78, 5) is 7.15. The molecular formula is C13H18N2O. The van der Waals surface area contributed by atoms with Gasteiger partial charge in [0.15, 0.2) is 0 Å². The number of rotatable bonds is 2. The molecule has 3 nitrogen and oxygen atoms in total. The van der Waals surface area contributed by atoms with E-state index in [0.29, 0.717) is 6.10 Å². The standard InChI is InChI=1S/C13H18N2O/c1-9-6-13-12(14-10(9)2)4-3-5-15(13)7-11-8-16-11/h6,11H,3-5,7-8H2,1-2H3/t11-/m1/s1. The number of epoxide rings is 1. The maximum Gasteiger partial charge on any atom is 0.0984 e. The number of aryl methyl sites for hydroxylation is 3. The number of hydrogen-bond donors (Lipinski definition) is 0. The lowest BCUT2D eigenvalue weighted by molar-refractivity contribution is 0.405. The van der Waals surface area contributed by atoms with Gasteiger partial charge in [-0.1, -0.05) is 0 Å². The SMILES string of the molecule is Cc1cc2c(nc1C)CCCN2C[C@@H]1CO1. The van der Waals surface area contributed by atoms with Crippen LogP contribution in [0.1, 0.15) is 23.4 Å². The van der Waals surface area contributed by atoms with Crippen LogP contribution < -0.4 is 4.90 Å². The van der Waals surface area contributed by atoms with Crippen LogP contribution in [0.3, 0.4) is 0 Å². The molecule has 1 atom stereocenters. The Morgan fingerprint density at radius 3 is 3.06 bits per heavy atom. The summed E-state index contributed by atoms with van der Waals surface area (Å²) in [6.45, 7) is 7.36. The Kier molecular flexibility index (Phi) is 2.36. The Balaban J connectivity index is 1.93. The summed E-state index contributed by atoms with van der Waals surface area (Å²) in [5, 5.41) is 0. The maximum absolute atomic E-state index is 5.32. The molecule has 86 valence electrons. The molecule has 1 aromatic rings. The average Bonchev–Trinajstić information content (AvgIpc) is 3.05. The Labute approximate surface area is 96.4 Å². The van der Waals surface area contributed by atoms with Gasteiger partial charge < -0.3 is 9.64 Å². The van der Waals surface area contributed by atoms with Gasteiger partial charge in [-0.15, -0.1) is 0 Å². The Morgan fingerprint density at radius 1 is 1.50 bits per heavy atom. The van der Waals surface area contributed by atoms with Crippen molar-refractivity contribution in [1.82, 2.24) is 4.98 Å². The normalized spacial score (nSPS) is 23.1. The second-order valence-corrected chi connectivity index (χ2v) is 4.86. The summed E-state index contributed by atoms with van der Waals surface area (Å²) in [7, 11) is 0. The minimum atomic E-state index is 0.465. The molecule has 0 amide bonds. The van der Waals surface area contributed by atoms with Gasteiger partial charge in [-0.25, -0.2) is 0 Å². The number of hydrogen-bond acceptors (Lipinski definition) is 3. The van der Waals surface area contributed by atoms with Gasteiger partial charge in [0.25, 0.3) is 0 Å². The lowest BCUT2D eigenvalue weighted by atomic mass is 10.0. The van der Waals surface area contributed by atoms with Crippen LogP contribution in [-0.2, 0) is 11.2 Å². The van der Waals surface area contributed by atoms with Gasteiger partial charge in [0.1, 0.15) is 0 Å². The van der Waals surface area contributed by atoms with Gasteiger partial charge >= 0.3 is 0 Å². The van der Waals surface area contributed by atoms with Gasteiger partial charge in [-0.3, -0.25) is 4.98 Å². The summed E-state index contributed by atoms with van der Waals surface area (Å²) in [6, 6.07) is 2.29. The van der Waals surface area contributed by atoms with E-state index in [1.165, 1.54) is 29.1 Å². The third-order valence-electron chi connectivity index (χ3n) is 3.53. The summed E-state index contributed by atoms with van der Waals surface area (Å²) in [6.07, 6.45) is 2.81. The van der Waals surface area contributed by atoms with E-state index in [1.54, 1.807) is 0 Å². The Morgan fingerprint density at radius 2 is 2.31 bits per heavy atom. The highest BCUT2D eigenvalue weighted by atomic mass is 16.6. The smallest absolute Gasteiger partial charge is 0.0984 e. The number of pyridine rings is 1. The zero-order valence-electron chi connectivity index (χ0n) is 9.99. The fourth-order valence-corrected chi connectivity index (χ4v) is 2.37. The van der Waals surface area contributed by atoms with Crippen LogP contribution in [0, 0.1) is 13.8 Å². The van der Waals surface area contributed by atoms with E-state index in [-0.39, 0.29) is 0 Å². The third kappa shape index (κ3) is 1.80. The molecule has 0 aromatic carbocycles. The lowest BCUT2D eigenvalue weighted by Crippen LogP contribution is -2.33. The molecule has 3 heteroatoms. The van der Waals surface area contributed by atoms with Crippen molar-refractivity contribution in [3.05, 3.63) is 23.0 Å². The highest BCUT2D eigenvalue weighted by Crippen LogP contribution is 2.29. The second-order valence-electron chi connectivity index (χ2n) is 4.86. The minimum Gasteiger partial charge on any atom is -0.371 e. The van der Waals surface area contributed by atoms with E-state index in [4.69, 9.17) is 9.72 Å². The largest absolute Gasteiger partial charge is 0.371 e. The molecule has 1 aromatic heterocycles. The van der Waals surface area contributed by atoms with E-state index in [2.05, 4.69) is 24.8 Å². The Hall–Kier alpha value is -1.09. The molecule has 1 saturated heterocycles. The van der Waals surface area contributed by atoms with Crippen molar-refractivity contribution in [3.63, 3.8) is 0 Å². The predicted molar refractivity (Wildman–Crippen MR) is 64.0 cm³/mol. The molecule has 1 fully saturated rings. The summed E-state index contributed by atoms with van der Waals surface area (Å²) < 4.78 is 5.32. The van der Waals surface area contributed by atoms with Gasteiger partial charge in [-0.05, 0) is 38.3 Å². The summed E-state index contributed by atoms with van der Waals surface area (Å²) in [5.41, 5.74) is 5.07. The fraction of sp³-hybridized carbons (Fsp3) is 0.615. The molecule has 0 bridgehead atoms. The molecule has 16 heavy (non-hydrogen) atoms. The van der Waals surface area contributed by atoms with Gasteiger partial charge in [0.2, 0.25) is 0 Å². The van der Waals surface area contributed by atoms with Crippen LogP contribution in [-0.4, -0.2) is 30.8 Å². The highest BCUT2D eigenvalue weighted by Gasteiger charge is 2.28. The lowest BCUT2D eigenvalue weighted by Gasteiger charge is -2.30. The number of fused-ring (bicyclic) bond motifs is 1. The van der Waals surface area contributed by atoms with Crippen molar-refractivity contribution in [2.45, 2.75) is 32.8 Å². The second kappa shape index (κ2) is 3.74. The Bertz CT molecular complexity index is 413. The van der Waals surface area contributed by atoms with E-state index >= 15 is 0 Å². The van der Waals surface area contributed by atoms with Gasteiger partial charge in [-0.2, -0.15) is 0 Å². The molecule has 3 heterocycles. The molecule has 0 unspecified atom stereocenters. The molecule has 2 aliphatic rings. The van der Waals surface area contributed by atoms with Gasteiger partial charge in [0, 0.05) is 18.8 Å². The molecular weight excluding hydrogens is 200 g/mol. The monoisotopic (exact) mass is 218 g/mol. The molecule has 0 saturated carbocycles. The highest BCUT2D eigenvalue weighted by molar-refractivity contribution is 5.55. The first-order valence-corrected chi connectivity index (χ1v) is 6.08. The fourth-order valence-electron chi connectivity index (χ4n) is 2.37. The zero-order valence-corrected chi connectivity index (χ0v) is 9.99. The number of anilines is 1. The van der Waals surface area contributed by atoms with Crippen molar-refractivity contribution in [3.8, 4) is 0 Å². The molecule has 0 spiro atoms. The predicted octanol–water partition coefficient (Wildman–Crippen LogP) is 1.85. The molecule has 2 aliphatic heterocycles.